The SMILES string of the molecule is CC(O)(CCCC(F)(F)F)c1cnc(N)s1. The lowest BCUT2D eigenvalue weighted by Crippen LogP contribution is -2.20. The monoisotopic (exact) mass is 254 g/mol. The van der Waals surface area contributed by atoms with E-state index >= 15 is 0 Å². The van der Waals surface area contributed by atoms with Gasteiger partial charge in [0, 0.05) is 12.6 Å². The lowest BCUT2D eigenvalue weighted by molar-refractivity contribution is -0.137. The highest BCUT2D eigenvalue weighted by Crippen LogP contribution is 2.33. The van der Waals surface area contributed by atoms with E-state index in [0.717, 1.165) is 11.3 Å². The van der Waals surface area contributed by atoms with Crippen LogP contribution < -0.4 is 5.73 Å². The first kappa shape index (κ1) is 13.2. The zero-order chi connectivity index (χ0) is 12.4. The van der Waals surface area contributed by atoms with Gasteiger partial charge in [-0.05, 0) is 19.8 Å². The summed E-state index contributed by atoms with van der Waals surface area (Å²) in [5.74, 6) is 0. The van der Waals surface area contributed by atoms with Gasteiger partial charge in [0.2, 0.25) is 0 Å². The Morgan fingerprint density at radius 3 is 2.50 bits per heavy atom. The first-order valence-corrected chi connectivity index (χ1v) is 5.53. The zero-order valence-corrected chi connectivity index (χ0v) is 9.53. The molecule has 1 rings (SSSR count). The molecule has 0 aliphatic heterocycles. The highest BCUT2D eigenvalue weighted by molar-refractivity contribution is 7.15. The Kier molecular flexibility index (Phi) is 3.80. The summed E-state index contributed by atoms with van der Waals surface area (Å²) in [6.45, 7) is 1.47. The molecule has 0 spiro atoms. The Bertz CT molecular complexity index is 349. The predicted octanol–water partition coefficient (Wildman–Crippen LogP) is 2.67. The van der Waals surface area contributed by atoms with Crippen LogP contribution >= 0.6 is 11.3 Å². The average Bonchev–Trinajstić information content (AvgIpc) is 2.49. The molecule has 0 fully saturated rings. The molecule has 3 nitrogen and oxygen atoms in total. The van der Waals surface area contributed by atoms with Crippen LogP contribution in [0.4, 0.5) is 18.3 Å². The van der Waals surface area contributed by atoms with Crippen molar-refractivity contribution >= 4 is 16.5 Å². The third-order valence-corrected chi connectivity index (χ3v) is 3.26. The van der Waals surface area contributed by atoms with Gasteiger partial charge >= 0.3 is 6.18 Å². The minimum absolute atomic E-state index is 0.0359. The summed E-state index contributed by atoms with van der Waals surface area (Å²) >= 11 is 1.09. The van der Waals surface area contributed by atoms with Crippen LogP contribution in [0.25, 0.3) is 0 Å². The van der Waals surface area contributed by atoms with Gasteiger partial charge in [-0.25, -0.2) is 4.98 Å². The van der Waals surface area contributed by atoms with Gasteiger partial charge in [0.25, 0.3) is 0 Å². The summed E-state index contributed by atoms with van der Waals surface area (Å²) in [5, 5.41) is 10.2. The van der Waals surface area contributed by atoms with Crippen molar-refractivity contribution in [3.8, 4) is 0 Å². The van der Waals surface area contributed by atoms with E-state index in [-0.39, 0.29) is 12.8 Å². The fourth-order valence-corrected chi connectivity index (χ4v) is 2.05. The molecular formula is C9H13F3N2OS. The third-order valence-electron chi connectivity index (χ3n) is 2.18. The molecule has 0 bridgehead atoms. The Balaban J connectivity index is 2.52. The van der Waals surface area contributed by atoms with Crippen molar-refractivity contribution < 1.29 is 18.3 Å². The van der Waals surface area contributed by atoms with Crippen LogP contribution in [0.5, 0.6) is 0 Å². The molecule has 0 amide bonds. The van der Waals surface area contributed by atoms with Gasteiger partial charge in [0.1, 0.15) is 0 Å². The number of halogens is 3. The molecule has 0 aliphatic carbocycles. The highest BCUT2D eigenvalue weighted by Gasteiger charge is 2.30. The number of aliphatic hydroxyl groups is 1. The number of aromatic nitrogens is 1. The van der Waals surface area contributed by atoms with Gasteiger partial charge in [-0.15, -0.1) is 0 Å². The van der Waals surface area contributed by atoms with Gasteiger partial charge in [0.15, 0.2) is 5.13 Å². The van der Waals surface area contributed by atoms with Crippen molar-refractivity contribution in [2.24, 2.45) is 0 Å². The zero-order valence-electron chi connectivity index (χ0n) is 8.71. The number of rotatable bonds is 4. The Labute approximate surface area is 95.1 Å². The van der Waals surface area contributed by atoms with Gasteiger partial charge < -0.3 is 10.8 Å². The molecule has 1 atom stereocenters. The fourth-order valence-electron chi connectivity index (χ4n) is 1.29. The molecule has 0 saturated carbocycles. The van der Waals surface area contributed by atoms with Crippen molar-refractivity contribution in [2.75, 3.05) is 5.73 Å². The molecule has 0 saturated heterocycles. The van der Waals surface area contributed by atoms with Gasteiger partial charge in [0.05, 0.1) is 10.5 Å². The maximum Gasteiger partial charge on any atom is 0.389 e. The van der Waals surface area contributed by atoms with Crippen LogP contribution in [0.3, 0.4) is 0 Å². The van der Waals surface area contributed by atoms with E-state index < -0.39 is 18.2 Å². The van der Waals surface area contributed by atoms with E-state index in [2.05, 4.69) is 4.98 Å². The second kappa shape index (κ2) is 4.58. The average molecular weight is 254 g/mol. The maximum absolute atomic E-state index is 11.9. The summed E-state index contributed by atoms with van der Waals surface area (Å²) in [6, 6.07) is 0. The molecular weight excluding hydrogens is 241 g/mol. The second-order valence-corrected chi connectivity index (χ2v) is 4.87. The first-order valence-electron chi connectivity index (χ1n) is 4.72. The number of thiazole rings is 1. The molecule has 1 aromatic rings. The molecule has 1 heterocycles. The number of nitrogen functional groups attached to an aromatic ring is 1. The summed E-state index contributed by atoms with van der Waals surface area (Å²) in [4.78, 5) is 4.25. The van der Waals surface area contributed by atoms with E-state index in [9.17, 15) is 18.3 Å². The molecule has 0 radical (unpaired) electrons. The van der Waals surface area contributed by atoms with E-state index in [1.54, 1.807) is 0 Å². The molecule has 0 aliphatic rings. The summed E-state index contributed by atoms with van der Waals surface area (Å²) in [7, 11) is 0. The Morgan fingerprint density at radius 2 is 2.06 bits per heavy atom. The minimum Gasteiger partial charge on any atom is -0.385 e. The van der Waals surface area contributed by atoms with E-state index in [0.29, 0.717) is 10.0 Å². The third kappa shape index (κ3) is 3.97. The van der Waals surface area contributed by atoms with Gasteiger partial charge in [-0.1, -0.05) is 11.3 Å². The summed E-state index contributed by atoms with van der Waals surface area (Å²) < 4.78 is 35.8. The van der Waals surface area contributed by atoms with Crippen molar-refractivity contribution in [1.82, 2.24) is 4.98 Å². The lowest BCUT2D eigenvalue weighted by Gasteiger charge is -2.21. The Hall–Kier alpha value is -0.820. The van der Waals surface area contributed by atoms with Crippen molar-refractivity contribution in [2.45, 2.75) is 38.0 Å². The number of hydrogen-bond acceptors (Lipinski definition) is 4. The highest BCUT2D eigenvalue weighted by atomic mass is 32.1. The van der Waals surface area contributed by atoms with Crippen LogP contribution in [0, 0.1) is 0 Å². The molecule has 92 valence electrons. The van der Waals surface area contributed by atoms with Crippen LogP contribution in [0.15, 0.2) is 6.20 Å². The molecule has 7 heteroatoms. The fraction of sp³-hybridized carbons (Fsp3) is 0.667. The van der Waals surface area contributed by atoms with Gasteiger partial charge in [-0.2, -0.15) is 13.2 Å². The number of anilines is 1. The smallest absolute Gasteiger partial charge is 0.385 e. The summed E-state index contributed by atoms with van der Waals surface area (Å²) in [5.41, 5.74) is 4.10. The molecule has 1 unspecified atom stereocenters. The maximum atomic E-state index is 11.9. The molecule has 16 heavy (non-hydrogen) atoms. The Morgan fingerprint density at radius 1 is 1.44 bits per heavy atom. The van der Waals surface area contributed by atoms with Gasteiger partial charge in [-0.3, -0.25) is 0 Å². The van der Waals surface area contributed by atoms with E-state index in [1.165, 1.54) is 13.1 Å². The van der Waals surface area contributed by atoms with Crippen LogP contribution in [0.2, 0.25) is 0 Å². The quantitative estimate of drug-likeness (QED) is 0.868. The number of nitrogens with two attached hydrogens (primary N) is 1. The number of hydrogen-bond donors (Lipinski definition) is 2. The topological polar surface area (TPSA) is 59.1 Å². The van der Waals surface area contributed by atoms with Crippen LogP contribution in [-0.2, 0) is 5.60 Å². The largest absolute Gasteiger partial charge is 0.389 e. The normalized spacial score (nSPS) is 16.1. The summed E-state index contributed by atoms with van der Waals surface area (Å²) in [6.07, 6.45) is -3.75. The minimum atomic E-state index is -4.18. The molecule has 0 aromatic carbocycles. The van der Waals surface area contributed by atoms with Crippen molar-refractivity contribution in [1.29, 1.82) is 0 Å². The standard InChI is InChI=1S/C9H13F3N2OS/c1-8(15,3-2-4-9(10,11)12)6-5-14-7(13)16-6/h5,15H,2-4H2,1H3,(H2,13,14). The van der Waals surface area contributed by atoms with E-state index in [1.807, 2.05) is 0 Å². The van der Waals surface area contributed by atoms with Crippen LogP contribution in [-0.4, -0.2) is 16.3 Å². The van der Waals surface area contributed by atoms with E-state index in [4.69, 9.17) is 5.73 Å². The van der Waals surface area contributed by atoms with Crippen molar-refractivity contribution in [3.63, 3.8) is 0 Å². The van der Waals surface area contributed by atoms with Crippen molar-refractivity contribution in [3.05, 3.63) is 11.1 Å². The molecule has 1 aromatic heterocycles. The second-order valence-electron chi connectivity index (χ2n) is 3.81. The number of alkyl halides is 3. The predicted molar refractivity (Wildman–Crippen MR) is 56.0 cm³/mol. The first-order chi connectivity index (χ1) is 7.21. The van der Waals surface area contributed by atoms with Crippen LogP contribution in [0.1, 0.15) is 31.1 Å². The molecule has 3 N–H and O–H groups in total. The number of nitrogens with zero attached hydrogens (tertiary/aromatic N) is 1. The lowest BCUT2D eigenvalue weighted by atomic mass is 9.98.